The van der Waals surface area contributed by atoms with Crippen molar-refractivity contribution in [1.29, 1.82) is 0 Å². The number of nitrogens with one attached hydrogen (secondary N) is 1. The van der Waals surface area contributed by atoms with Crippen LogP contribution >= 0.6 is 0 Å². The number of anilines is 1. The largest absolute Gasteiger partial charge is 0.435 e. The number of alkyl halides is 3. The SMILES string of the molecule is Cn1nc(C(F)(F)F)cc1NC(=O)c1ccc2cc(-c3ccc(F)cn3)cnc2c1. The van der Waals surface area contributed by atoms with Gasteiger partial charge >= 0.3 is 6.18 Å². The number of aromatic nitrogens is 4. The molecule has 0 unspecified atom stereocenters. The summed E-state index contributed by atoms with van der Waals surface area (Å²) in [5, 5.41) is 6.49. The van der Waals surface area contributed by atoms with Crippen LogP contribution in [0.2, 0.25) is 0 Å². The molecular weight excluding hydrogens is 402 g/mol. The van der Waals surface area contributed by atoms with E-state index >= 15 is 0 Å². The Morgan fingerprint density at radius 3 is 2.50 bits per heavy atom. The molecule has 30 heavy (non-hydrogen) atoms. The number of aryl methyl sites for hydroxylation is 1. The zero-order valence-corrected chi connectivity index (χ0v) is 15.4. The molecule has 10 heteroatoms. The number of nitrogens with zero attached hydrogens (tertiary/aromatic N) is 4. The van der Waals surface area contributed by atoms with E-state index in [2.05, 4.69) is 20.4 Å². The molecule has 0 fully saturated rings. The first-order chi connectivity index (χ1) is 14.2. The number of carbonyl (C=O) groups is 1. The first kappa shape index (κ1) is 19.5. The lowest BCUT2D eigenvalue weighted by atomic mass is 10.1. The van der Waals surface area contributed by atoms with E-state index in [1.54, 1.807) is 18.3 Å². The summed E-state index contributed by atoms with van der Waals surface area (Å²) in [6.45, 7) is 0. The molecule has 0 radical (unpaired) electrons. The third-order valence-corrected chi connectivity index (χ3v) is 4.38. The predicted molar refractivity (Wildman–Crippen MR) is 101 cm³/mol. The van der Waals surface area contributed by atoms with E-state index in [-0.39, 0.29) is 11.4 Å². The summed E-state index contributed by atoms with van der Waals surface area (Å²) < 4.78 is 52.3. The van der Waals surface area contributed by atoms with Crippen molar-refractivity contribution in [3.8, 4) is 11.3 Å². The molecule has 4 rings (SSSR count). The molecule has 6 nitrogen and oxygen atoms in total. The Kier molecular flexibility index (Phi) is 4.69. The fraction of sp³-hybridized carbons (Fsp3) is 0.100. The summed E-state index contributed by atoms with van der Waals surface area (Å²) in [5.41, 5.74) is 0.855. The van der Waals surface area contributed by atoms with Gasteiger partial charge in [0.1, 0.15) is 11.6 Å². The van der Waals surface area contributed by atoms with Gasteiger partial charge in [-0.25, -0.2) is 4.39 Å². The van der Waals surface area contributed by atoms with Gasteiger partial charge in [0.15, 0.2) is 5.69 Å². The highest BCUT2D eigenvalue weighted by atomic mass is 19.4. The van der Waals surface area contributed by atoms with Crippen molar-refractivity contribution in [2.75, 3.05) is 5.32 Å². The number of fused-ring (bicyclic) bond motifs is 1. The monoisotopic (exact) mass is 415 g/mol. The molecule has 4 aromatic rings. The van der Waals surface area contributed by atoms with Gasteiger partial charge in [0, 0.05) is 35.8 Å². The van der Waals surface area contributed by atoms with Crippen LogP contribution in [0.5, 0.6) is 0 Å². The van der Waals surface area contributed by atoms with Crippen molar-refractivity contribution in [2.45, 2.75) is 6.18 Å². The standard InChI is InChI=1S/C20H13F4N5O/c1-29-18(8-17(28-29)20(22,23)24)27-19(30)12-3-2-11-6-13(9-25-16(11)7-12)15-5-4-14(21)10-26-15/h2-10H,1H3,(H,27,30). The fourth-order valence-corrected chi connectivity index (χ4v) is 2.86. The molecular formula is C20H13F4N5O. The quantitative estimate of drug-likeness (QED) is 0.502. The molecule has 0 saturated heterocycles. The summed E-state index contributed by atoms with van der Waals surface area (Å²) >= 11 is 0. The minimum absolute atomic E-state index is 0.0851. The van der Waals surface area contributed by atoms with Crippen molar-refractivity contribution in [3.05, 3.63) is 71.9 Å². The van der Waals surface area contributed by atoms with Crippen LogP contribution in [-0.4, -0.2) is 25.7 Å². The van der Waals surface area contributed by atoms with Gasteiger partial charge in [0.2, 0.25) is 0 Å². The minimum Gasteiger partial charge on any atom is -0.307 e. The van der Waals surface area contributed by atoms with Crippen molar-refractivity contribution in [2.24, 2.45) is 7.05 Å². The second-order valence-corrected chi connectivity index (χ2v) is 6.48. The van der Waals surface area contributed by atoms with Crippen LogP contribution in [0.15, 0.2) is 54.9 Å². The highest BCUT2D eigenvalue weighted by molar-refractivity contribution is 6.05. The van der Waals surface area contributed by atoms with Gasteiger partial charge < -0.3 is 5.32 Å². The molecule has 0 atom stereocenters. The second kappa shape index (κ2) is 7.21. The molecule has 0 aliphatic carbocycles. The normalized spacial score (nSPS) is 11.6. The van der Waals surface area contributed by atoms with Crippen LogP contribution in [0.4, 0.5) is 23.4 Å². The van der Waals surface area contributed by atoms with Gasteiger partial charge in [-0.1, -0.05) is 6.07 Å². The lowest BCUT2D eigenvalue weighted by Crippen LogP contribution is -2.14. The Morgan fingerprint density at radius 1 is 1.03 bits per heavy atom. The number of carbonyl (C=O) groups excluding carboxylic acids is 1. The lowest BCUT2D eigenvalue weighted by molar-refractivity contribution is -0.141. The third kappa shape index (κ3) is 3.84. The lowest BCUT2D eigenvalue weighted by Gasteiger charge is -2.07. The maximum Gasteiger partial charge on any atom is 0.435 e. The molecule has 1 N–H and O–H groups in total. The predicted octanol–water partition coefficient (Wildman–Crippen LogP) is 4.44. The van der Waals surface area contributed by atoms with Crippen LogP contribution in [0.1, 0.15) is 16.1 Å². The third-order valence-electron chi connectivity index (χ3n) is 4.38. The summed E-state index contributed by atoms with van der Waals surface area (Å²) in [7, 11) is 1.30. The zero-order chi connectivity index (χ0) is 21.5. The van der Waals surface area contributed by atoms with Crippen molar-refractivity contribution >= 4 is 22.6 Å². The van der Waals surface area contributed by atoms with E-state index in [4.69, 9.17) is 0 Å². The second-order valence-electron chi connectivity index (χ2n) is 6.48. The summed E-state index contributed by atoms with van der Waals surface area (Å²) in [6, 6.07) is 10.1. The molecule has 3 aromatic heterocycles. The van der Waals surface area contributed by atoms with E-state index in [1.165, 1.54) is 31.3 Å². The van der Waals surface area contributed by atoms with Crippen LogP contribution < -0.4 is 5.32 Å². The summed E-state index contributed by atoms with van der Waals surface area (Å²) in [4.78, 5) is 20.8. The van der Waals surface area contributed by atoms with Gasteiger partial charge in [-0.05, 0) is 30.3 Å². The van der Waals surface area contributed by atoms with Crippen LogP contribution in [0, 0.1) is 5.82 Å². The Morgan fingerprint density at radius 2 is 1.83 bits per heavy atom. The van der Waals surface area contributed by atoms with E-state index in [0.29, 0.717) is 16.8 Å². The number of benzene rings is 1. The van der Waals surface area contributed by atoms with E-state index in [9.17, 15) is 22.4 Å². The smallest absolute Gasteiger partial charge is 0.307 e. The minimum atomic E-state index is -4.61. The van der Waals surface area contributed by atoms with Crippen molar-refractivity contribution in [3.63, 3.8) is 0 Å². The molecule has 152 valence electrons. The van der Waals surface area contributed by atoms with Gasteiger partial charge in [-0.15, -0.1) is 0 Å². The average molecular weight is 415 g/mol. The first-order valence-corrected chi connectivity index (χ1v) is 8.65. The molecule has 0 bridgehead atoms. The maximum absolute atomic E-state index is 13.0. The molecule has 1 amide bonds. The topological polar surface area (TPSA) is 72.7 Å². The molecule has 0 aliphatic rings. The highest BCUT2D eigenvalue weighted by Gasteiger charge is 2.34. The number of pyridine rings is 2. The molecule has 0 spiro atoms. The summed E-state index contributed by atoms with van der Waals surface area (Å²) in [6.07, 6.45) is -1.96. The van der Waals surface area contributed by atoms with Gasteiger partial charge in [0.05, 0.1) is 17.4 Å². The number of amides is 1. The Bertz CT molecular complexity index is 1250. The molecule has 3 heterocycles. The van der Waals surface area contributed by atoms with Crippen LogP contribution in [-0.2, 0) is 13.2 Å². The number of hydrogen-bond donors (Lipinski definition) is 1. The van der Waals surface area contributed by atoms with Crippen molar-refractivity contribution in [1.82, 2.24) is 19.7 Å². The van der Waals surface area contributed by atoms with Gasteiger partial charge in [0.25, 0.3) is 5.91 Å². The molecule has 1 aromatic carbocycles. The van der Waals surface area contributed by atoms with Crippen molar-refractivity contribution < 1.29 is 22.4 Å². The Labute approximate surface area is 167 Å². The number of rotatable bonds is 3. The number of hydrogen-bond acceptors (Lipinski definition) is 4. The van der Waals surface area contributed by atoms with E-state index < -0.39 is 23.6 Å². The Balaban J connectivity index is 1.59. The van der Waals surface area contributed by atoms with E-state index in [1.807, 2.05) is 0 Å². The number of halogens is 4. The summed E-state index contributed by atoms with van der Waals surface area (Å²) in [5.74, 6) is -1.13. The maximum atomic E-state index is 13.0. The molecule has 0 saturated carbocycles. The highest BCUT2D eigenvalue weighted by Crippen LogP contribution is 2.30. The molecule has 0 aliphatic heterocycles. The Hall–Kier alpha value is -3.82. The van der Waals surface area contributed by atoms with Gasteiger partial charge in [-0.3, -0.25) is 19.4 Å². The van der Waals surface area contributed by atoms with Crippen LogP contribution in [0.3, 0.4) is 0 Å². The van der Waals surface area contributed by atoms with E-state index in [0.717, 1.165) is 22.3 Å². The fourth-order valence-electron chi connectivity index (χ4n) is 2.86. The van der Waals surface area contributed by atoms with Crippen LogP contribution in [0.25, 0.3) is 22.2 Å². The zero-order valence-electron chi connectivity index (χ0n) is 15.4. The first-order valence-electron chi connectivity index (χ1n) is 8.65. The van der Waals surface area contributed by atoms with Gasteiger partial charge in [-0.2, -0.15) is 18.3 Å². The average Bonchev–Trinajstić information content (AvgIpc) is 3.08.